The Bertz CT molecular complexity index is 892. The number of hydrogen-bond acceptors (Lipinski definition) is 3. The van der Waals surface area contributed by atoms with Crippen molar-refractivity contribution in [3.8, 4) is 0 Å². The number of nitrogens with one attached hydrogen (secondary N) is 3. The molecule has 2 aromatic carbocycles. The van der Waals surface area contributed by atoms with E-state index in [9.17, 15) is 14.4 Å². The van der Waals surface area contributed by atoms with Crippen LogP contribution >= 0.6 is 11.6 Å². The molecule has 0 radical (unpaired) electrons. The van der Waals surface area contributed by atoms with Gasteiger partial charge in [0.2, 0.25) is 11.8 Å². The summed E-state index contributed by atoms with van der Waals surface area (Å²) in [5, 5.41) is 3.38. The van der Waals surface area contributed by atoms with E-state index in [1.165, 1.54) is 6.08 Å². The highest BCUT2D eigenvalue weighted by molar-refractivity contribution is 6.30. The zero-order valence-corrected chi connectivity index (χ0v) is 16.5. The van der Waals surface area contributed by atoms with Crippen LogP contribution in [0.15, 0.2) is 48.5 Å². The molecule has 3 N–H and O–H groups in total. The fourth-order valence-corrected chi connectivity index (χ4v) is 2.50. The molecule has 0 fully saturated rings. The number of amides is 3. The summed E-state index contributed by atoms with van der Waals surface area (Å²) in [5.41, 5.74) is 8.13. The van der Waals surface area contributed by atoms with Gasteiger partial charge in [0.15, 0.2) is 0 Å². The van der Waals surface area contributed by atoms with Gasteiger partial charge in [-0.15, -0.1) is 0 Å². The van der Waals surface area contributed by atoms with Crippen LogP contribution in [0, 0.1) is 13.8 Å². The number of halogens is 1. The summed E-state index contributed by atoms with van der Waals surface area (Å²) in [7, 11) is 0. The minimum atomic E-state index is -0.483. The van der Waals surface area contributed by atoms with Crippen molar-refractivity contribution in [2.75, 3.05) is 5.32 Å². The van der Waals surface area contributed by atoms with Crippen molar-refractivity contribution in [2.24, 2.45) is 0 Å². The standard InChI is InChI=1S/C21H22ClN3O3/c1-14-3-9-18(15(2)13-14)23-19(26)11-12-21(28)25-24-20(27)10-6-16-4-7-17(22)8-5-16/h3-10,13H,11-12H2,1-2H3,(H,23,26)(H,24,27)(H,25,28)/b10-6+. The normalized spacial score (nSPS) is 10.5. The van der Waals surface area contributed by atoms with Gasteiger partial charge in [-0.25, -0.2) is 0 Å². The van der Waals surface area contributed by atoms with Crippen molar-refractivity contribution < 1.29 is 14.4 Å². The first-order valence-corrected chi connectivity index (χ1v) is 9.11. The van der Waals surface area contributed by atoms with E-state index in [0.29, 0.717) is 5.02 Å². The van der Waals surface area contributed by atoms with E-state index in [1.54, 1.807) is 30.3 Å². The molecule has 3 amide bonds. The molecule has 7 heteroatoms. The molecular formula is C21H22ClN3O3. The second-order valence-electron chi connectivity index (χ2n) is 6.29. The summed E-state index contributed by atoms with van der Waals surface area (Å²) >= 11 is 5.79. The Kier molecular flexibility index (Phi) is 7.77. The first kappa shape index (κ1) is 21.2. The monoisotopic (exact) mass is 399 g/mol. The molecule has 2 aromatic rings. The number of carbonyl (C=O) groups excluding carboxylic acids is 3. The zero-order chi connectivity index (χ0) is 20.5. The Hall–Kier alpha value is -3.12. The third-order valence-electron chi connectivity index (χ3n) is 3.86. The van der Waals surface area contributed by atoms with E-state index >= 15 is 0 Å². The van der Waals surface area contributed by atoms with Crippen molar-refractivity contribution in [1.29, 1.82) is 0 Å². The number of hydrazine groups is 1. The predicted molar refractivity (Wildman–Crippen MR) is 111 cm³/mol. The van der Waals surface area contributed by atoms with Gasteiger partial charge >= 0.3 is 0 Å². The van der Waals surface area contributed by atoms with Gasteiger partial charge < -0.3 is 5.32 Å². The van der Waals surface area contributed by atoms with E-state index in [0.717, 1.165) is 22.4 Å². The fourth-order valence-electron chi connectivity index (χ4n) is 2.37. The third kappa shape index (κ3) is 7.25. The van der Waals surface area contributed by atoms with Crippen LogP contribution in [-0.4, -0.2) is 17.7 Å². The molecule has 0 heterocycles. The molecule has 0 atom stereocenters. The molecule has 6 nitrogen and oxygen atoms in total. The highest BCUT2D eigenvalue weighted by Crippen LogP contribution is 2.16. The zero-order valence-electron chi connectivity index (χ0n) is 15.7. The van der Waals surface area contributed by atoms with Crippen LogP contribution in [0.25, 0.3) is 6.08 Å². The Morgan fingerprint density at radius 3 is 2.29 bits per heavy atom. The van der Waals surface area contributed by atoms with Gasteiger partial charge in [0.25, 0.3) is 5.91 Å². The molecule has 146 valence electrons. The number of benzene rings is 2. The quantitative estimate of drug-likeness (QED) is 0.513. The molecule has 0 unspecified atom stereocenters. The number of carbonyl (C=O) groups is 3. The molecule has 0 bridgehead atoms. The molecule has 28 heavy (non-hydrogen) atoms. The summed E-state index contributed by atoms with van der Waals surface area (Å²) in [6.45, 7) is 3.88. The van der Waals surface area contributed by atoms with E-state index in [-0.39, 0.29) is 18.7 Å². The molecule has 0 aromatic heterocycles. The lowest BCUT2D eigenvalue weighted by Crippen LogP contribution is -2.41. The molecule has 0 spiro atoms. The molecule has 0 aliphatic rings. The lowest BCUT2D eigenvalue weighted by molar-refractivity contribution is -0.128. The van der Waals surface area contributed by atoms with Gasteiger partial charge in [-0.2, -0.15) is 0 Å². The van der Waals surface area contributed by atoms with Gasteiger partial charge in [-0.3, -0.25) is 25.2 Å². The summed E-state index contributed by atoms with van der Waals surface area (Å²) in [5.74, 6) is -1.21. The Morgan fingerprint density at radius 2 is 1.61 bits per heavy atom. The number of hydrogen-bond donors (Lipinski definition) is 3. The van der Waals surface area contributed by atoms with Crippen LogP contribution in [0.2, 0.25) is 5.02 Å². The lowest BCUT2D eigenvalue weighted by atomic mass is 10.1. The maximum absolute atomic E-state index is 12.0. The second-order valence-corrected chi connectivity index (χ2v) is 6.73. The first-order valence-electron chi connectivity index (χ1n) is 8.73. The van der Waals surface area contributed by atoms with Crippen molar-refractivity contribution in [2.45, 2.75) is 26.7 Å². The number of rotatable bonds is 6. The lowest BCUT2D eigenvalue weighted by Gasteiger charge is -2.09. The molecule has 0 saturated heterocycles. The SMILES string of the molecule is Cc1ccc(NC(=O)CCC(=O)NNC(=O)/C=C/c2ccc(Cl)cc2)c(C)c1. The smallest absolute Gasteiger partial charge is 0.262 e. The van der Waals surface area contributed by atoms with Crippen molar-refractivity contribution in [3.63, 3.8) is 0 Å². The van der Waals surface area contributed by atoms with Crippen LogP contribution in [0.5, 0.6) is 0 Å². The van der Waals surface area contributed by atoms with E-state index in [2.05, 4.69) is 16.2 Å². The van der Waals surface area contributed by atoms with E-state index in [1.807, 2.05) is 32.0 Å². The van der Waals surface area contributed by atoms with Crippen molar-refractivity contribution in [1.82, 2.24) is 10.9 Å². The molecule has 2 rings (SSSR count). The fraction of sp³-hybridized carbons (Fsp3) is 0.190. The Balaban J connectivity index is 1.70. The van der Waals surface area contributed by atoms with Crippen LogP contribution in [0.1, 0.15) is 29.5 Å². The predicted octanol–water partition coefficient (Wildman–Crippen LogP) is 3.54. The first-order chi connectivity index (χ1) is 13.3. The van der Waals surface area contributed by atoms with Crippen LogP contribution < -0.4 is 16.2 Å². The average molecular weight is 400 g/mol. The van der Waals surface area contributed by atoms with Gasteiger partial charge in [0.05, 0.1) is 0 Å². The average Bonchev–Trinajstić information content (AvgIpc) is 2.66. The van der Waals surface area contributed by atoms with E-state index in [4.69, 9.17) is 11.6 Å². The summed E-state index contributed by atoms with van der Waals surface area (Å²) < 4.78 is 0. The topological polar surface area (TPSA) is 87.3 Å². The largest absolute Gasteiger partial charge is 0.326 e. The third-order valence-corrected chi connectivity index (χ3v) is 4.11. The Morgan fingerprint density at radius 1 is 0.929 bits per heavy atom. The van der Waals surface area contributed by atoms with Crippen LogP contribution in [0.4, 0.5) is 5.69 Å². The highest BCUT2D eigenvalue weighted by atomic mass is 35.5. The summed E-state index contributed by atoms with van der Waals surface area (Å²) in [6, 6.07) is 12.7. The van der Waals surface area contributed by atoms with Crippen LogP contribution in [0.3, 0.4) is 0 Å². The molecular weight excluding hydrogens is 378 g/mol. The van der Waals surface area contributed by atoms with Crippen LogP contribution in [-0.2, 0) is 14.4 Å². The second kappa shape index (κ2) is 10.3. The number of aryl methyl sites for hydroxylation is 2. The van der Waals surface area contributed by atoms with Gasteiger partial charge in [0, 0.05) is 29.6 Å². The summed E-state index contributed by atoms with van der Waals surface area (Å²) in [6.07, 6.45) is 2.85. The van der Waals surface area contributed by atoms with Crippen molar-refractivity contribution in [3.05, 3.63) is 70.3 Å². The highest BCUT2D eigenvalue weighted by Gasteiger charge is 2.09. The molecule has 0 saturated carbocycles. The minimum absolute atomic E-state index is 0.00956. The Labute approximate surface area is 168 Å². The maximum atomic E-state index is 12.0. The van der Waals surface area contributed by atoms with Crippen molar-refractivity contribution >= 4 is 41.1 Å². The summed E-state index contributed by atoms with van der Waals surface area (Å²) in [4.78, 5) is 35.5. The molecule has 0 aliphatic heterocycles. The maximum Gasteiger partial charge on any atom is 0.262 e. The van der Waals surface area contributed by atoms with Gasteiger partial charge in [-0.1, -0.05) is 41.4 Å². The van der Waals surface area contributed by atoms with E-state index < -0.39 is 11.8 Å². The van der Waals surface area contributed by atoms with Gasteiger partial charge in [0.1, 0.15) is 0 Å². The minimum Gasteiger partial charge on any atom is -0.326 e. The van der Waals surface area contributed by atoms with Gasteiger partial charge in [-0.05, 0) is 49.2 Å². The number of anilines is 1. The molecule has 0 aliphatic carbocycles.